The standard InChI is InChI=1S/C27H28ClFN6O/c1-5-36-25-16-24-21(26(32-17-31-24)33-20-6-7-23(29)22(28)15-20)14-19(25)8-9-27(2,3)35-12-10-34(11-13-35)18-30-4/h6-7,14-17H,5,10-13,18H2,1-3H3,(H,31,32,33). The van der Waals surface area contributed by atoms with Crippen molar-refractivity contribution in [3.05, 3.63) is 64.5 Å². The van der Waals surface area contributed by atoms with Crippen LogP contribution in [0.15, 0.2) is 36.7 Å². The van der Waals surface area contributed by atoms with Crippen LogP contribution in [0.2, 0.25) is 5.02 Å². The number of hydrogen-bond acceptors (Lipinski definition) is 6. The number of fused-ring (bicyclic) bond motifs is 1. The van der Waals surface area contributed by atoms with E-state index in [1.54, 1.807) is 6.07 Å². The molecule has 1 N–H and O–H groups in total. The monoisotopic (exact) mass is 506 g/mol. The Balaban J connectivity index is 1.66. The summed E-state index contributed by atoms with van der Waals surface area (Å²) in [6, 6.07) is 8.21. The second-order valence-corrected chi connectivity index (χ2v) is 9.40. The van der Waals surface area contributed by atoms with Crippen molar-refractivity contribution in [3.63, 3.8) is 0 Å². The van der Waals surface area contributed by atoms with Crippen LogP contribution in [0.1, 0.15) is 26.3 Å². The number of piperazine rings is 1. The van der Waals surface area contributed by atoms with Gasteiger partial charge in [-0.2, -0.15) is 0 Å². The normalized spacial score (nSPS) is 14.7. The lowest BCUT2D eigenvalue weighted by molar-refractivity contribution is 0.0870. The molecule has 3 aromatic rings. The molecule has 1 aliphatic heterocycles. The highest BCUT2D eigenvalue weighted by molar-refractivity contribution is 6.31. The minimum atomic E-state index is -0.482. The molecule has 1 aromatic heterocycles. The lowest BCUT2D eigenvalue weighted by atomic mass is 10.0. The Kier molecular flexibility index (Phi) is 7.91. The van der Waals surface area contributed by atoms with E-state index in [1.807, 2.05) is 19.1 Å². The summed E-state index contributed by atoms with van der Waals surface area (Å²) in [5.74, 6) is 7.51. The van der Waals surface area contributed by atoms with Crippen LogP contribution in [0.3, 0.4) is 0 Å². The van der Waals surface area contributed by atoms with Crippen LogP contribution in [0.5, 0.6) is 5.75 Å². The van der Waals surface area contributed by atoms with E-state index in [4.69, 9.17) is 22.9 Å². The summed E-state index contributed by atoms with van der Waals surface area (Å²) in [5, 5.41) is 4.00. The van der Waals surface area contributed by atoms with Gasteiger partial charge in [-0.05, 0) is 45.0 Å². The molecule has 1 saturated heterocycles. The predicted molar refractivity (Wildman–Crippen MR) is 141 cm³/mol. The molecule has 1 fully saturated rings. The molecule has 0 radical (unpaired) electrons. The number of nitrogens with zero attached hydrogens (tertiary/aromatic N) is 5. The van der Waals surface area contributed by atoms with Crippen LogP contribution in [0.4, 0.5) is 15.9 Å². The molecule has 0 saturated carbocycles. The molecule has 0 spiro atoms. The van der Waals surface area contributed by atoms with E-state index in [1.165, 1.54) is 18.5 Å². The number of halogens is 2. The molecule has 4 rings (SSSR count). The van der Waals surface area contributed by atoms with Crippen molar-refractivity contribution >= 4 is 34.0 Å². The summed E-state index contributed by atoms with van der Waals surface area (Å²) in [5.41, 5.74) is 1.69. The van der Waals surface area contributed by atoms with E-state index in [0.717, 1.165) is 37.1 Å². The summed E-state index contributed by atoms with van der Waals surface area (Å²) in [4.78, 5) is 16.8. The van der Waals surface area contributed by atoms with E-state index in [9.17, 15) is 4.39 Å². The van der Waals surface area contributed by atoms with Gasteiger partial charge in [-0.1, -0.05) is 23.4 Å². The van der Waals surface area contributed by atoms with Gasteiger partial charge in [0.1, 0.15) is 23.7 Å². The highest BCUT2D eigenvalue weighted by Gasteiger charge is 2.29. The number of hydrogen-bond donors (Lipinski definition) is 1. The number of rotatable bonds is 6. The third-order valence-corrected chi connectivity index (χ3v) is 6.45. The fraction of sp³-hybridized carbons (Fsp3) is 0.370. The third-order valence-electron chi connectivity index (χ3n) is 6.16. The van der Waals surface area contributed by atoms with Crippen molar-refractivity contribution in [2.75, 3.05) is 44.8 Å². The van der Waals surface area contributed by atoms with Gasteiger partial charge < -0.3 is 10.1 Å². The topological polar surface area (TPSA) is 57.9 Å². The molecule has 0 aliphatic carbocycles. The highest BCUT2D eigenvalue weighted by atomic mass is 35.5. The first kappa shape index (κ1) is 25.7. The van der Waals surface area contributed by atoms with Crippen LogP contribution >= 0.6 is 11.6 Å². The quantitative estimate of drug-likeness (QED) is 0.367. The zero-order valence-electron chi connectivity index (χ0n) is 20.6. The van der Waals surface area contributed by atoms with Crippen molar-refractivity contribution in [2.24, 2.45) is 0 Å². The number of benzene rings is 2. The predicted octanol–water partition coefficient (Wildman–Crippen LogP) is 5.19. The Morgan fingerprint density at radius 3 is 2.67 bits per heavy atom. The average Bonchev–Trinajstić information content (AvgIpc) is 2.86. The second kappa shape index (κ2) is 11.1. The SMILES string of the molecule is [C-]#[N+]CN1CCN(C(C)(C)C#Cc2cc3c(Nc4ccc(F)c(Cl)c4)ncnc3cc2OCC)CC1. The Bertz CT molecular complexity index is 1350. The zero-order chi connectivity index (χ0) is 25.7. The summed E-state index contributed by atoms with van der Waals surface area (Å²) < 4.78 is 19.5. The molecule has 186 valence electrons. The largest absolute Gasteiger partial charge is 0.492 e. The van der Waals surface area contributed by atoms with Gasteiger partial charge in [0.2, 0.25) is 0 Å². The van der Waals surface area contributed by atoms with Gasteiger partial charge in [-0.25, -0.2) is 25.8 Å². The maximum absolute atomic E-state index is 13.6. The summed E-state index contributed by atoms with van der Waals surface area (Å²) in [7, 11) is 0. The number of ether oxygens (including phenoxy) is 1. The van der Waals surface area contributed by atoms with Gasteiger partial charge in [-0.3, -0.25) is 9.74 Å². The highest BCUT2D eigenvalue weighted by Crippen LogP contribution is 2.31. The Hall–Kier alpha value is -3.43. The third kappa shape index (κ3) is 5.85. The van der Waals surface area contributed by atoms with Gasteiger partial charge in [0.25, 0.3) is 6.67 Å². The lowest BCUT2D eigenvalue weighted by Gasteiger charge is -2.40. The van der Waals surface area contributed by atoms with E-state index >= 15 is 0 Å². The molecule has 0 unspecified atom stereocenters. The molecular formula is C27H28ClFN6O. The smallest absolute Gasteiger partial charge is 0.270 e. The summed E-state index contributed by atoms with van der Waals surface area (Å²) >= 11 is 5.95. The molecule has 2 heterocycles. The molecule has 7 nitrogen and oxygen atoms in total. The van der Waals surface area contributed by atoms with Crippen LogP contribution in [0, 0.1) is 24.2 Å². The first-order valence-electron chi connectivity index (χ1n) is 11.8. The lowest BCUT2D eigenvalue weighted by Crippen LogP contribution is -2.53. The van der Waals surface area contributed by atoms with Gasteiger partial charge in [-0.15, -0.1) is 0 Å². The first-order valence-corrected chi connectivity index (χ1v) is 12.2. The Morgan fingerprint density at radius 1 is 1.19 bits per heavy atom. The molecule has 1 aliphatic rings. The Morgan fingerprint density at radius 2 is 1.97 bits per heavy atom. The zero-order valence-corrected chi connectivity index (χ0v) is 21.4. The maximum Gasteiger partial charge on any atom is 0.270 e. The van der Waals surface area contributed by atoms with Crippen LogP contribution in [0.25, 0.3) is 15.7 Å². The van der Waals surface area contributed by atoms with Crippen molar-refractivity contribution in [3.8, 4) is 17.6 Å². The maximum atomic E-state index is 13.6. The van der Waals surface area contributed by atoms with Crippen molar-refractivity contribution in [1.29, 1.82) is 0 Å². The fourth-order valence-corrected chi connectivity index (χ4v) is 4.29. The molecule has 0 amide bonds. The molecule has 0 atom stereocenters. The van der Waals surface area contributed by atoms with E-state index < -0.39 is 5.82 Å². The van der Waals surface area contributed by atoms with Crippen LogP contribution < -0.4 is 10.1 Å². The minimum absolute atomic E-state index is 0.0284. The summed E-state index contributed by atoms with van der Waals surface area (Å²) in [6.45, 7) is 17.6. The van der Waals surface area contributed by atoms with Crippen molar-refractivity contribution in [1.82, 2.24) is 19.8 Å². The average molecular weight is 507 g/mol. The van der Waals surface area contributed by atoms with Crippen molar-refractivity contribution in [2.45, 2.75) is 26.3 Å². The summed E-state index contributed by atoms with van der Waals surface area (Å²) in [6.07, 6.45) is 1.47. The molecule has 0 bridgehead atoms. The fourth-order valence-electron chi connectivity index (χ4n) is 4.11. The van der Waals surface area contributed by atoms with Crippen molar-refractivity contribution < 1.29 is 9.13 Å². The van der Waals surface area contributed by atoms with Gasteiger partial charge >= 0.3 is 0 Å². The second-order valence-electron chi connectivity index (χ2n) is 8.99. The van der Waals surface area contributed by atoms with Gasteiger partial charge in [0.05, 0.1) is 28.2 Å². The molecule has 9 heteroatoms. The number of aromatic nitrogens is 2. The van der Waals surface area contributed by atoms with E-state index in [2.05, 4.69) is 55.6 Å². The van der Waals surface area contributed by atoms with Crippen LogP contribution in [-0.4, -0.2) is 64.8 Å². The van der Waals surface area contributed by atoms with Gasteiger partial charge in [0.15, 0.2) is 0 Å². The molecular weight excluding hydrogens is 479 g/mol. The first-order chi connectivity index (χ1) is 17.3. The van der Waals surface area contributed by atoms with E-state index in [-0.39, 0.29) is 10.6 Å². The van der Waals surface area contributed by atoms with Gasteiger partial charge in [0, 0.05) is 43.3 Å². The van der Waals surface area contributed by atoms with E-state index in [0.29, 0.717) is 36.0 Å². The minimum Gasteiger partial charge on any atom is -0.492 e. The number of nitrogens with one attached hydrogen (secondary N) is 1. The van der Waals surface area contributed by atoms with Crippen LogP contribution in [-0.2, 0) is 0 Å². The molecule has 2 aromatic carbocycles. The number of anilines is 2. The molecule has 36 heavy (non-hydrogen) atoms. The Labute approximate surface area is 216 Å².